The summed E-state index contributed by atoms with van der Waals surface area (Å²) >= 11 is 3.49. The fraction of sp³-hybridized carbons (Fsp3) is 0.333. The van der Waals surface area contributed by atoms with E-state index in [0.717, 1.165) is 21.5 Å². The molecule has 2 rings (SSSR count). The summed E-state index contributed by atoms with van der Waals surface area (Å²) in [7, 11) is 1.65. The summed E-state index contributed by atoms with van der Waals surface area (Å²) in [4.78, 5) is 0. The number of rotatable bonds is 4. The minimum absolute atomic E-state index is 0.179. The summed E-state index contributed by atoms with van der Waals surface area (Å²) < 4.78 is 11.9. The first-order valence-electron chi connectivity index (χ1n) is 6.96. The van der Waals surface area contributed by atoms with E-state index in [2.05, 4.69) is 61.0 Å². The maximum absolute atomic E-state index is 5.85. The molecule has 0 aliphatic heterocycles. The van der Waals surface area contributed by atoms with Gasteiger partial charge >= 0.3 is 0 Å². The van der Waals surface area contributed by atoms with Crippen molar-refractivity contribution in [3.05, 3.63) is 58.1 Å². The van der Waals surface area contributed by atoms with E-state index in [9.17, 15) is 0 Å². The third kappa shape index (κ3) is 4.24. The molecular formula is C18H21BrO2. The van der Waals surface area contributed by atoms with Gasteiger partial charge in [-0.3, -0.25) is 0 Å². The lowest BCUT2D eigenvalue weighted by Crippen LogP contribution is -2.10. The Labute approximate surface area is 135 Å². The van der Waals surface area contributed by atoms with Gasteiger partial charge in [0, 0.05) is 0 Å². The SMILES string of the molecule is COc1ccc(OCc2ccc(C(C)(C)C)cc2)c(Br)c1. The minimum Gasteiger partial charge on any atom is -0.497 e. The second-order valence-corrected chi connectivity index (χ2v) is 6.89. The summed E-state index contributed by atoms with van der Waals surface area (Å²) in [5, 5.41) is 0. The maximum atomic E-state index is 5.85. The maximum Gasteiger partial charge on any atom is 0.134 e. The van der Waals surface area contributed by atoms with Crippen molar-refractivity contribution in [1.82, 2.24) is 0 Å². The van der Waals surface area contributed by atoms with Crippen molar-refractivity contribution in [2.24, 2.45) is 0 Å². The Morgan fingerprint density at radius 2 is 1.67 bits per heavy atom. The van der Waals surface area contributed by atoms with Crippen LogP contribution in [0.4, 0.5) is 0 Å². The normalized spacial score (nSPS) is 11.3. The molecule has 0 aliphatic carbocycles. The van der Waals surface area contributed by atoms with Crippen LogP contribution in [0.2, 0.25) is 0 Å². The minimum atomic E-state index is 0.179. The van der Waals surface area contributed by atoms with E-state index >= 15 is 0 Å². The molecule has 0 bridgehead atoms. The van der Waals surface area contributed by atoms with E-state index < -0.39 is 0 Å². The Morgan fingerprint density at radius 3 is 2.19 bits per heavy atom. The number of hydrogen-bond acceptors (Lipinski definition) is 2. The molecule has 0 saturated carbocycles. The molecule has 0 atom stereocenters. The van der Waals surface area contributed by atoms with Crippen LogP contribution in [-0.4, -0.2) is 7.11 Å². The monoisotopic (exact) mass is 348 g/mol. The van der Waals surface area contributed by atoms with E-state index in [1.54, 1.807) is 7.11 Å². The zero-order valence-corrected chi connectivity index (χ0v) is 14.5. The third-order valence-corrected chi connectivity index (χ3v) is 3.97. The van der Waals surface area contributed by atoms with Crippen molar-refractivity contribution in [3.63, 3.8) is 0 Å². The number of hydrogen-bond donors (Lipinski definition) is 0. The van der Waals surface area contributed by atoms with E-state index in [-0.39, 0.29) is 5.41 Å². The number of benzene rings is 2. The Morgan fingerprint density at radius 1 is 1.00 bits per heavy atom. The molecule has 3 heteroatoms. The topological polar surface area (TPSA) is 18.5 Å². The van der Waals surface area contributed by atoms with Crippen molar-refractivity contribution in [3.8, 4) is 11.5 Å². The summed E-state index contributed by atoms with van der Waals surface area (Å²) in [6.45, 7) is 7.20. The highest BCUT2D eigenvalue weighted by atomic mass is 79.9. The highest BCUT2D eigenvalue weighted by molar-refractivity contribution is 9.10. The van der Waals surface area contributed by atoms with Crippen molar-refractivity contribution in [2.45, 2.75) is 32.8 Å². The van der Waals surface area contributed by atoms with Crippen LogP contribution in [0.3, 0.4) is 0 Å². The van der Waals surface area contributed by atoms with Gasteiger partial charge in [-0.25, -0.2) is 0 Å². The van der Waals surface area contributed by atoms with Crippen molar-refractivity contribution in [2.75, 3.05) is 7.11 Å². The molecule has 0 spiro atoms. The summed E-state index contributed by atoms with van der Waals surface area (Å²) in [5.74, 6) is 1.62. The van der Waals surface area contributed by atoms with Gasteiger partial charge in [-0.05, 0) is 50.7 Å². The molecule has 0 saturated heterocycles. The fourth-order valence-corrected chi connectivity index (χ4v) is 2.46. The Kier molecular flexibility index (Phi) is 4.94. The molecule has 2 aromatic rings. The lowest BCUT2D eigenvalue weighted by Gasteiger charge is -2.19. The van der Waals surface area contributed by atoms with Gasteiger partial charge in [-0.15, -0.1) is 0 Å². The molecule has 0 aliphatic rings. The smallest absolute Gasteiger partial charge is 0.134 e. The van der Waals surface area contributed by atoms with Gasteiger partial charge in [-0.2, -0.15) is 0 Å². The third-order valence-electron chi connectivity index (χ3n) is 3.35. The van der Waals surface area contributed by atoms with Gasteiger partial charge in [0.25, 0.3) is 0 Å². The predicted molar refractivity (Wildman–Crippen MR) is 90.2 cm³/mol. The molecule has 0 radical (unpaired) electrons. The second kappa shape index (κ2) is 6.52. The number of methoxy groups -OCH3 is 1. The molecule has 2 nitrogen and oxygen atoms in total. The zero-order chi connectivity index (χ0) is 15.5. The Hall–Kier alpha value is -1.48. The number of halogens is 1. The largest absolute Gasteiger partial charge is 0.497 e. The molecular weight excluding hydrogens is 328 g/mol. The van der Waals surface area contributed by atoms with Crippen molar-refractivity contribution < 1.29 is 9.47 Å². The Bertz CT molecular complexity index is 598. The molecule has 0 heterocycles. The molecule has 21 heavy (non-hydrogen) atoms. The fourth-order valence-electron chi connectivity index (χ4n) is 1.99. The first-order chi connectivity index (χ1) is 9.90. The summed E-state index contributed by atoms with van der Waals surface area (Å²) in [5.41, 5.74) is 2.67. The summed E-state index contributed by atoms with van der Waals surface area (Å²) in [6, 6.07) is 14.3. The first kappa shape index (κ1) is 15.9. The quantitative estimate of drug-likeness (QED) is 0.742. The molecule has 0 unspecified atom stereocenters. The van der Waals surface area contributed by atoms with Crippen LogP contribution in [0, 0.1) is 0 Å². The molecule has 112 valence electrons. The van der Waals surface area contributed by atoms with Crippen LogP contribution >= 0.6 is 15.9 Å². The average Bonchev–Trinajstić information content (AvgIpc) is 2.45. The summed E-state index contributed by atoms with van der Waals surface area (Å²) in [6.07, 6.45) is 0. The van der Waals surface area contributed by atoms with Gasteiger partial charge < -0.3 is 9.47 Å². The predicted octanol–water partition coefficient (Wildman–Crippen LogP) is 5.33. The van der Waals surface area contributed by atoms with Crippen LogP contribution < -0.4 is 9.47 Å². The highest BCUT2D eigenvalue weighted by Gasteiger charge is 2.12. The van der Waals surface area contributed by atoms with Crippen LogP contribution in [-0.2, 0) is 12.0 Å². The van der Waals surface area contributed by atoms with Gasteiger partial charge in [0.1, 0.15) is 18.1 Å². The van der Waals surface area contributed by atoms with E-state index in [4.69, 9.17) is 9.47 Å². The van der Waals surface area contributed by atoms with Gasteiger partial charge in [0.2, 0.25) is 0 Å². The average molecular weight is 349 g/mol. The molecule has 0 fully saturated rings. The van der Waals surface area contributed by atoms with Crippen molar-refractivity contribution in [1.29, 1.82) is 0 Å². The van der Waals surface area contributed by atoms with E-state index in [1.807, 2.05) is 18.2 Å². The molecule has 2 aromatic carbocycles. The zero-order valence-electron chi connectivity index (χ0n) is 12.9. The van der Waals surface area contributed by atoms with Crippen LogP contribution in [0.15, 0.2) is 46.9 Å². The van der Waals surface area contributed by atoms with Crippen LogP contribution in [0.5, 0.6) is 11.5 Å². The lowest BCUT2D eigenvalue weighted by atomic mass is 9.87. The van der Waals surface area contributed by atoms with Gasteiger partial charge in [0.05, 0.1) is 11.6 Å². The Balaban J connectivity index is 2.03. The van der Waals surface area contributed by atoms with Crippen LogP contribution in [0.25, 0.3) is 0 Å². The van der Waals surface area contributed by atoms with Crippen molar-refractivity contribution >= 4 is 15.9 Å². The molecule has 0 aromatic heterocycles. The lowest BCUT2D eigenvalue weighted by molar-refractivity contribution is 0.303. The standard InChI is InChI=1S/C18H21BrO2/c1-18(2,3)14-7-5-13(6-8-14)12-21-17-10-9-15(20-4)11-16(17)19/h5-11H,12H2,1-4H3. The first-order valence-corrected chi connectivity index (χ1v) is 7.75. The van der Waals surface area contributed by atoms with Gasteiger partial charge in [-0.1, -0.05) is 45.0 Å². The number of ether oxygens (including phenoxy) is 2. The molecule has 0 N–H and O–H groups in total. The molecule has 0 amide bonds. The van der Waals surface area contributed by atoms with Crippen LogP contribution in [0.1, 0.15) is 31.9 Å². The second-order valence-electron chi connectivity index (χ2n) is 6.03. The van der Waals surface area contributed by atoms with E-state index in [0.29, 0.717) is 6.61 Å². The van der Waals surface area contributed by atoms with Gasteiger partial charge in [0.15, 0.2) is 0 Å². The highest BCUT2D eigenvalue weighted by Crippen LogP contribution is 2.30. The van der Waals surface area contributed by atoms with E-state index in [1.165, 1.54) is 5.56 Å².